The van der Waals surface area contributed by atoms with Crippen molar-refractivity contribution < 1.29 is 4.74 Å². The molecule has 2 heteroatoms. The van der Waals surface area contributed by atoms with Crippen LogP contribution >= 0.6 is 0 Å². The zero-order valence-corrected chi connectivity index (χ0v) is 12.2. The molecule has 0 aliphatic heterocycles. The highest BCUT2D eigenvalue weighted by molar-refractivity contribution is 4.81. The summed E-state index contributed by atoms with van der Waals surface area (Å²) in [6, 6.07) is 1.26. The minimum atomic E-state index is 0.552. The smallest absolute Gasteiger partial charge is 0.0615 e. The molecule has 0 spiro atoms. The molecule has 0 saturated heterocycles. The first-order chi connectivity index (χ1) is 8.07. The van der Waals surface area contributed by atoms with Gasteiger partial charge in [-0.05, 0) is 37.5 Å². The molecule has 0 aromatic rings. The minimum absolute atomic E-state index is 0.552. The first kappa shape index (κ1) is 15.0. The Kier molecular flexibility index (Phi) is 6.50. The summed E-state index contributed by atoms with van der Waals surface area (Å²) < 4.78 is 5.31. The first-order valence-corrected chi connectivity index (χ1v) is 7.32. The van der Waals surface area contributed by atoms with Gasteiger partial charge in [0.05, 0.1) is 6.61 Å². The lowest BCUT2D eigenvalue weighted by Gasteiger charge is -2.25. The van der Waals surface area contributed by atoms with E-state index in [1.165, 1.54) is 44.9 Å². The molecule has 17 heavy (non-hydrogen) atoms. The van der Waals surface area contributed by atoms with Crippen LogP contribution in [0.15, 0.2) is 0 Å². The van der Waals surface area contributed by atoms with Gasteiger partial charge < -0.3 is 10.1 Å². The zero-order valence-electron chi connectivity index (χ0n) is 12.2. The summed E-state index contributed by atoms with van der Waals surface area (Å²) >= 11 is 0. The van der Waals surface area contributed by atoms with E-state index in [4.69, 9.17) is 4.74 Å². The molecule has 0 radical (unpaired) electrons. The lowest BCUT2D eigenvalue weighted by atomic mass is 9.85. The van der Waals surface area contributed by atoms with E-state index in [1.54, 1.807) is 7.11 Å². The van der Waals surface area contributed by atoms with Gasteiger partial charge in [0.1, 0.15) is 0 Å². The minimum Gasteiger partial charge on any atom is -0.383 e. The molecule has 0 amide bonds. The number of hydrogen-bond acceptors (Lipinski definition) is 2. The van der Waals surface area contributed by atoms with E-state index in [0.29, 0.717) is 17.5 Å². The van der Waals surface area contributed by atoms with Gasteiger partial charge in [0.25, 0.3) is 0 Å². The van der Waals surface area contributed by atoms with Gasteiger partial charge in [0.2, 0.25) is 0 Å². The molecule has 0 aromatic heterocycles. The van der Waals surface area contributed by atoms with E-state index in [9.17, 15) is 0 Å². The van der Waals surface area contributed by atoms with Crippen LogP contribution in [0, 0.1) is 5.41 Å². The van der Waals surface area contributed by atoms with Crippen molar-refractivity contribution in [2.75, 3.05) is 13.7 Å². The van der Waals surface area contributed by atoms with Crippen molar-refractivity contribution in [3.05, 3.63) is 0 Å². The second kappa shape index (κ2) is 7.38. The van der Waals surface area contributed by atoms with Gasteiger partial charge in [-0.1, -0.05) is 33.6 Å². The predicted molar refractivity (Wildman–Crippen MR) is 74.4 cm³/mol. The Morgan fingerprint density at radius 1 is 1.29 bits per heavy atom. The number of ether oxygens (including phenoxy) is 1. The molecule has 1 fully saturated rings. The van der Waals surface area contributed by atoms with E-state index in [0.717, 1.165) is 6.61 Å². The summed E-state index contributed by atoms with van der Waals surface area (Å²) in [6.07, 6.45) is 9.25. The normalized spacial score (nSPS) is 26.5. The fourth-order valence-corrected chi connectivity index (χ4v) is 2.93. The lowest BCUT2D eigenvalue weighted by molar-refractivity contribution is 0.153. The molecule has 1 N–H and O–H groups in total. The molecule has 1 aliphatic carbocycles. The Labute approximate surface area is 108 Å². The Bertz CT molecular complexity index is 197. The molecule has 1 saturated carbocycles. The quantitative estimate of drug-likeness (QED) is 0.715. The number of methoxy groups -OCH3 is 1. The third-order valence-corrected chi connectivity index (χ3v) is 4.05. The second-order valence-corrected chi connectivity index (χ2v) is 6.40. The highest BCUT2D eigenvalue weighted by Gasteiger charge is 2.25. The molecule has 1 aliphatic rings. The van der Waals surface area contributed by atoms with Crippen molar-refractivity contribution in [2.45, 2.75) is 77.8 Å². The van der Waals surface area contributed by atoms with E-state index in [2.05, 4.69) is 26.1 Å². The summed E-state index contributed by atoms with van der Waals surface area (Å²) in [5, 5.41) is 3.81. The number of nitrogens with one attached hydrogen (secondary N) is 1. The Morgan fingerprint density at radius 3 is 2.71 bits per heavy atom. The highest BCUT2D eigenvalue weighted by Crippen LogP contribution is 2.33. The van der Waals surface area contributed by atoms with Gasteiger partial charge in [0, 0.05) is 19.2 Å². The maximum Gasteiger partial charge on any atom is 0.0615 e. The van der Waals surface area contributed by atoms with Crippen LogP contribution in [0.3, 0.4) is 0 Å². The van der Waals surface area contributed by atoms with E-state index >= 15 is 0 Å². The van der Waals surface area contributed by atoms with Gasteiger partial charge in [-0.2, -0.15) is 0 Å². The molecule has 102 valence electrons. The molecule has 1 rings (SSSR count). The number of hydrogen-bond donors (Lipinski definition) is 1. The summed E-state index contributed by atoms with van der Waals surface area (Å²) in [6.45, 7) is 7.93. The largest absolute Gasteiger partial charge is 0.383 e. The lowest BCUT2D eigenvalue weighted by Crippen LogP contribution is -2.40. The Balaban J connectivity index is 2.38. The predicted octanol–water partition coefficient (Wildman–Crippen LogP) is 3.75. The molecule has 2 unspecified atom stereocenters. The summed E-state index contributed by atoms with van der Waals surface area (Å²) in [5.74, 6) is 0. The van der Waals surface area contributed by atoms with Crippen molar-refractivity contribution >= 4 is 0 Å². The van der Waals surface area contributed by atoms with Crippen LogP contribution in [0.5, 0.6) is 0 Å². The maximum absolute atomic E-state index is 5.31. The monoisotopic (exact) mass is 241 g/mol. The molecule has 2 atom stereocenters. The van der Waals surface area contributed by atoms with Crippen molar-refractivity contribution in [3.8, 4) is 0 Å². The van der Waals surface area contributed by atoms with Crippen molar-refractivity contribution in [1.29, 1.82) is 0 Å². The Hall–Kier alpha value is -0.0800. The van der Waals surface area contributed by atoms with Crippen LogP contribution in [-0.4, -0.2) is 25.8 Å². The van der Waals surface area contributed by atoms with Gasteiger partial charge >= 0.3 is 0 Å². The summed E-state index contributed by atoms with van der Waals surface area (Å²) in [5.41, 5.74) is 0.554. The van der Waals surface area contributed by atoms with Crippen molar-refractivity contribution in [1.82, 2.24) is 5.32 Å². The standard InChI is InChI=1S/C15H31NO/c1-5-7-14(12-17-4)16-13-8-6-10-15(2,3)11-9-13/h13-14,16H,5-12H2,1-4H3. The average molecular weight is 241 g/mol. The zero-order chi connectivity index (χ0) is 12.7. The molecule has 2 nitrogen and oxygen atoms in total. The highest BCUT2D eigenvalue weighted by atomic mass is 16.5. The third-order valence-electron chi connectivity index (χ3n) is 4.05. The van der Waals surface area contributed by atoms with Crippen LogP contribution in [0.1, 0.15) is 65.7 Å². The van der Waals surface area contributed by atoms with Crippen molar-refractivity contribution in [2.24, 2.45) is 5.41 Å². The van der Waals surface area contributed by atoms with Crippen LogP contribution in [0.4, 0.5) is 0 Å². The van der Waals surface area contributed by atoms with Crippen LogP contribution < -0.4 is 5.32 Å². The van der Waals surface area contributed by atoms with E-state index in [-0.39, 0.29) is 0 Å². The molecule has 0 aromatic carbocycles. The van der Waals surface area contributed by atoms with Gasteiger partial charge in [-0.3, -0.25) is 0 Å². The Morgan fingerprint density at radius 2 is 2.06 bits per heavy atom. The summed E-state index contributed by atoms with van der Waals surface area (Å²) in [7, 11) is 1.81. The SMILES string of the molecule is CCCC(COC)NC1CCCC(C)(C)CC1. The second-order valence-electron chi connectivity index (χ2n) is 6.40. The fraction of sp³-hybridized carbons (Fsp3) is 1.00. The number of rotatable bonds is 6. The van der Waals surface area contributed by atoms with Gasteiger partial charge in [-0.15, -0.1) is 0 Å². The van der Waals surface area contributed by atoms with E-state index < -0.39 is 0 Å². The molecule has 0 heterocycles. The summed E-state index contributed by atoms with van der Waals surface area (Å²) in [4.78, 5) is 0. The van der Waals surface area contributed by atoms with Crippen LogP contribution in [-0.2, 0) is 4.74 Å². The first-order valence-electron chi connectivity index (χ1n) is 7.32. The van der Waals surface area contributed by atoms with Crippen molar-refractivity contribution in [3.63, 3.8) is 0 Å². The van der Waals surface area contributed by atoms with Crippen LogP contribution in [0.2, 0.25) is 0 Å². The fourth-order valence-electron chi connectivity index (χ4n) is 2.93. The topological polar surface area (TPSA) is 21.3 Å². The van der Waals surface area contributed by atoms with Gasteiger partial charge in [-0.25, -0.2) is 0 Å². The molecular weight excluding hydrogens is 210 g/mol. The third kappa shape index (κ3) is 5.87. The van der Waals surface area contributed by atoms with Gasteiger partial charge in [0.15, 0.2) is 0 Å². The molecule has 0 bridgehead atoms. The molecular formula is C15H31NO. The van der Waals surface area contributed by atoms with E-state index in [1.807, 2.05) is 0 Å². The average Bonchev–Trinajstić information content (AvgIpc) is 2.41. The maximum atomic E-state index is 5.31. The van der Waals surface area contributed by atoms with Crippen LogP contribution in [0.25, 0.3) is 0 Å².